The molecule has 0 aromatic heterocycles. The van der Waals surface area contributed by atoms with Crippen molar-refractivity contribution in [3.63, 3.8) is 0 Å². The Bertz CT molecular complexity index is 282. The summed E-state index contributed by atoms with van der Waals surface area (Å²) in [6.45, 7) is 4.51. The van der Waals surface area contributed by atoms with Gasteiger partial charge in [0.05, 0.1) is 5.76 Å². The second-order valence-electron chi connectivity index (χ2n) is 8.24. The fraction of sp³-hybridized carbons (Fsp3) is 0.920. The second-order valence-corrected chi connectivity index (χ2v) is 8.24. The summed E-state index contributed by atoms with van der Waals surface area (Å²) in [5.74, 6) is 0.631. The smallest absolute Gasteiger partial charge is 0.0882 e. The van der Waals surface area contributed by atoms with Crippen LogP contribution in [-0.4, -0.2) is 5.11 Å². The van der Waals surface area contributed by atoms with Crippen LogP contribution in [0.15, 0.2) is 11.8 Å². The monoisotopic (exact) mass is 366 g/mol. The third-order valence-electron chi connectivity index (χ3n) is 5.47. The summed E-state index contributed by atoms with van der Waals surface area (Å²) in [6, 6.07) is 0. The van der Waals surface area contributed by atoms with Crippen molar-refractivity contribution in [2.75, 3.05) is 0 Å². The molecule has 0 aliphatic heterocycles. The molecule has 1 N–H and O–H groups in total. The van der Waals surface area contributed by atoms with Gasteiger partial charge in [0.25, 0.3) is 0 Å². The highest BCUT2D eigenvalue weighted by Crippen LogP contribution is 2.15. The summed E-state index contributed by atoms with van der Waals surface area (Å²) >= 11 is 0. The molecule has 0 bridgehead atoms. The minimum absolute atomic E-state index is 0.631. The van der Waals surface area contributed by atoms with Crippen molar-refractivity contribution in [2.24, 2.45) is 0 Å². The van der Waals surface area contributed by atoms with Crippen molar-refractivity contribution >= 4 is 0 Å². The zero-order valence-corrected chi connectivity index (χ0v) is 18.4. The van der Waals surface area contributed by atoms with Gasteiger partial charge in [-0.15, -0.1) is 0 Å². The lowest BCUT2D eigenvalue weighted by Gasteiger charge is -2.04. The van der Waals surface area contributed by atoms with Crippen LogP contribution in [0.3, 0.4) is 0 Å². The van der Waals surface area contributed by atoms with Crippen LogP contribution >= 0.6 is 0 Å². The van der Waals surface area contributed by atoms with Crippen molar-refractivity contribution in [2.45, 2.75) is 149 Å². The lowest BCUT2D eigenvalue weighted by Crippen LogP contribution is -1.85. The van der Waals surface area contributed by atoms with Crippen molar-refractivity contribution in [1.29, 1.82) is 0 Å². The standard InChI is InChI=1S/C25H50O/c1-3-5-7-9-10-11-12-13-14-15-16-17-18-19-20-22-24-25(26)23-21-8-6-4-2/h23,26H,3-22,24H2,1-2H3. The molecular weight excluding hydrogens is 316 g/mol. The number of allylic oxidation sites excluding steroid dienone is 2. The number of hydrogen-bond acceptors (Lipinski definition) is 1. The molecule has 1 heteroatoms. The number of unbranched alkanes of at least 4 members (excludes halogenated alkanes) is 18. The highest BCUT2D eigenvalue weighted by molar-refractivity contribution is 4.90. The molecular formula is C25H50O. The van der Waals surface area contributed by atoms with Gasteiger partial charge in [0.15, 0.2) is 0 Å². The highest BCUT2D eigenvalue weighted by Gasteiger charge is 1.96. The largest absolute Gasteiger partial charge is 0.513 e. The number of aliphatic hydroxyl groups is 1. The van der Waals surface area contributed by atoms with E-state index in [0.717, 1.165) is 19.3 Å². The molecule has 0 fully saturated rings. The average Bonchev–Trinajstić information content (AvgIpc) is 2.65. The van der Waals surface area contributed by atoms with Crippen LogP contribution in [0.4, 0.5) is 0 Å². The quantitative estimate of drug-likeness (QED) is 0.158. The van der Waals surface area contributed by atoms with Crippen molar-refractivity contribution in [3.05, 3.63) is 11.8 Å². The van der Waals surface area contributed by atoms with E-state index in [-0.39, 0.29) is 0 Å². The average molecular weight is 367 g/mol. The summed E-state index contributed by atoms with van der Waals surface area (Å²) < 4.78 is 0. The first-order valence-electron chi connectivity index (χ1n) is 12.2. The van der Waals surface area contributed by atoms with Crippen LogP contribution < -0.4 is 0 Å². The van der Waals surface area contributed by atoms with Crippen LogP contribution in [0.1, 0.15) is 149 Å². The normalized spacial score (nSPS) is 12.0. The van der Waals surface area contributed by atoms with E-state index in [1.54, 1.807) is 0 Å². The van der Waals surface area contributed by atoms with Gasteiger partial charge in [-0.1, -0.05) is 123 Å². The Morgan fingerprint density at radius 1 is 0.500 bits per heavy atom. The topological polar surface area (TPSA) is 20.2 Å². The fourth-order valence-electron chi connectivity index (χ4n) is 3.62. The van der Waals surface area contributed by atoms with Gasteiger partial charge in [0.1, 0.15) is 0 Å². The molecule has 0 heterocycles. The summed E-state index contributed by atoms with van der Waals surface area (Å²) in [5, 5.41) is 9.82. The SMILES string of the molecule is CCCCCC=C(O)CCCCCCCCCCCCCCCCCC. The number of aliphatic hydroxyl groups excluding tert-OH is 1. The maximum atomic E-state index is 9.82. The Hall–Kier alpha value is -0.460. The molecule has 0 aromatic carbocycles. The molecule has 0 aromatic rings. The molecule has 0 spiro atoms. The predicted octanol–water partition coefficient (Wildman–Crippen LogP) is 9.66. The lowest BCUT2D eigenvalue weighted by molar-refractivity contribution is 0.376. The zero-order chi connectivity index (χ0) is 19.1. The van der Waals surface area contributed by atoms with Gasteiger partial charge in [-0.2, -0.15) is 0 Å². The first kappa shape index (κ1) is 25.5. The molecule has 26 heavy (non-hydrogen) atoms. The first-order chi connectivity index (χ1) is 12.8. The second kappa shape index (κ2) is 22.6. The molecule has 1 nitrogen and oxygen atoms in total. The van der Waals surface area contributed by atoms with E-state index in [1.165, 1.54) is 116 Å². The maximum absolute atomic E-state index is 9.82. The minimum Gasteiger partial charge on any atom is -0.513 e. The molecule has 0 saturated carbocycles. The predicted molar refractivity (Wildman–Crippen MR) is 119 cm³/mol. The maximum Gasteiger partial charge on any atom is 0.0882 e. The van der Waals surface area contributed by atoms with Crippen molar-refractivity contribution in [3.8, 4) is 0 Å². The molecule has 0 aliphatic rings. The summed E-state index contributed by atoms with van der Waals surface area (Å²) in [5.41, 5.74) is 0. The Balaban J connectivity index is 3.13. The van der Waals surface area contributed by atoms with Gasteiger partial charge < -0.3 is 5.11 Å². The zero-order valence-electron chi connectivity index (χ0n) is 18.4. The Morgan fingerprint density at radius 3 is 1.27 bits per heavy atom. The molecule has 0 rings (SSSR count). The molecule has 0 aliphatic carbocycles. The van der Waals surface area contributed by atoms with E-state index in [4.69, 9.17) is 0 Å². The van der Waals surface area contributed by atoms with Crippen molar-refractivity contribution < 1.29 is 5.11 Å². The third-order valence-corrected chi connectivity index (χ3v) is 5.47. The summed E-state index contributed by atoms with van der Waals surface area (Å²) in [7, 11) is 0. The number of rotatable bonds is 21. The lowest BCUT2D eigenvalue weighted by atomic mass is 10.0. The van der Waals surface area contributed by atoms with Crippen LogP contribution in [0, 0.1) is 0 Å². The number of hydrogen-bond donors (Lipinski definition) is 1. The molecule has 0 unspecified atom stereocenters. The van der Waals surface area contributed by atoms with E-state index in [2.05, 4.69) is 13.8 Å². The molecule has 0 atom stereocenters. The van der Waals surface area contributed by atoms with Crippen LogP contribution in [0.25, 0.3) is 0 Å². The Morgan fingerprint density at radius 2 is 0.846 bits per heavy atom. The van der Waals surface area contributed by atoms with Gasteiger partial charge in [-0.05, 0) is 25.3 Å². The van der Waals surface area contributed by atoms with Gasteiger partial charge in [0, 0.05) is 6.42 Å². The highest BCUT2D eigenvalue weighted by atomic mass is 16.3. The summed E-state index contributed by atoms with van der Waals surface area (Å²) in [6.07, 6.45) is 30.2. The van der Waals surface area contributed by atoms with Crippen LogP contribution in [0.5, 0.6) is 0 Å². The van der Waals surface area contributed by atoms with Crippen molar-refractivity contribution in [1.82, 2.24) is 0 Å². The van der Waals surface area contributed by atoms with E-state index in [9.17, 15) is 5.11 Å². The molecule has 0 amide bonds. The van der Waals surface area contributed by atoms with Gasteiger partial charge >= 0.3 is 0 Å². The van der Waals surface area contributed by atoms with E-state index < -0.39 is 0 Å². The van der Waals surface area contributed by atoms with Gasteiger partial charge in [-0.3, -0.25) is 0 Å². The van der Waals surface area contributed by atoms with Crippen LogP contribution in [0.2, 0.25) is 0 Å². The fourth-order valence-corrected chi connectivity index (χ4v) is 3.62. The van der Waals surface area contributed by atoms with E-state index in [0.29, 0.717) is 5.76 Å². The molecule has 0 saturated heterocycles. The van der Waals surface area contributed by atoms with E-state index >= 15 is 0 Å². The molecule has 156 valence electrons. The Kier molecular flexibility index (Phi) is 22.2. The third kappa shape index (κ3) is 21.6. The Labute approximate surface area is 166 Å². The first-order valence-corrected chi connectivity index (χ1v) is 12.2. The van der Waals surface area contributed by atoms with Gasteiger partial charge in [0.2, 0.25) is 0 Å². The summed E-state index contributed by atoms with van der Waals surface area (Å²) in [4.78, 5) is 0. The van der Waals surface area contributed by atoms with E-state index in [1.807, 2.05) is 6.08 Å². The molecule has 0 radical (unpaired) electrons. The van der Waals surface area contributed by atoms with Gasteiger partial charge in [-0.25, -0.2) is 0 Å². The minimum atomic E-state index is 0.631. The van der Waals surface area contributed by atoms with Crippen LogP contribution in [-0.2, 0) is 0 Å².